The van der Waals surface area contributed by atoms with Crippen LogP contribution in [0.3, 0.4) is 0 Å². The molecule has 0 aliphatic heterocycles. The summed E-state index contributed by atoms with van der Waals surface area (Å²) in [7, 11) is 0. The molecule has 0 heterocycles. The molecule has 0 saturated carbocycles. The average Bonchev–Trinajstić information content (AvgIpc) is 2.78. The lowest BCUT2D eigenvalue weighted by atomic mass is 10.1. The number of nitrogens with zero attached hydrogens (tertiary/aromatic N) is 2. The van der Waals surface area contributed by atoms with Crippen molar-refractivity contribution in [2.45, 2.75) is 10.6 Å². The molecule has 3 aromatic rings. The van der Waals surface area contributed by atoms with E-state index >= 15 is 0 Å². The minimum absolute atomic E-state index is 0.00208. The normalized spacial score (nSPS) is 10.5. The Hall–Kier alpha value is -3.27. The molecule has 0 unspecified atom stereocenters. The molecule has 0 aromatic heterocycles. The van der Waals surface area contributed by atoms with Crippen LogP contribution in [0.15, 0.2) is 82.8 Å². The molecule has 0 radical (unpaired) electrons. The van der Waals surface area contributed by atoms with E-state index in [9.17, 15) is 4.79 Å². The molecule has 0 bridgehead atoms. The molecule has 0 atom stereocenters. The zero-order valence-corrected chi connectivity index (χ0v) is 17.5. The summed E-state index contributed by atoms with van der Waals surface area (Å²) < 4.78 is 5.19. The lowest BCUT2D eigenvalue weighted by molar-refractivity contribution is 0.0955. The Morgan fingerprint density at radius 1 is 1.07 bits per heavy atom. The monoisotopic (exact) mass is 435 g/mol. The van der Waals surface area contributed by atoms with Crippen LogP contribution in [0.1, 0.15) is 21.5 Å². The highest BCUT2D eigenvalue weighted by Crippen LogP contribution is 2.24. The van der Waals surface area contributed by atoms with E-state index < -0.39 is 0 Å². The van der Waals surface area contributed by atoms with Gasteiger partial charge >= 0.3 is 0 Å². The molecule has 3 rings (SSSR count). The van der Waals surface area contributed by atoms with Crippen LogP contribution in [0, 0.1) is 11.3 Å². The molecule has 0 spiro atoms. The first-order valence-corrected chi connectivity index (χ1v) is 10.4. The standard InChI is InChI=1S/C23H18ClN3O2S/c24-20-7-11-22(12-8-20)30-16-18-1-5-19(6-2-18)23(28)27-26-15-17-3-9-21(10-4-17)29-14-13-25/h1-12,15H,14,16H2,(H,27,28)/b26-15+. The third kappa shape index (κ3) is 6.66. The Labute approximate surface area is 184 Å². The Morgan fingerprint density at radius 2 is 1.77 bits per heavy atom. The summed E-state index contributed by atoms with van der Waals surface area (Å²) >= 11 is 7.60. The molecule has 0 saturated heterocycles. The highest BCUT2D eigenvalue weighted by molar-refractivity contribution is 7.98. The Kier molecular flexibility index (Phi) is 7.90. The van der Waals surface area contributed by atoms with Crippen molar-refractivity contribution in [3.63, 3.8) is 0 Å². The first-order chi connectivity index (χ1) is 14.6. The second-order valence-electron chi connectivity index (χ2n) is 6.15. The van der Waals surface area contributed by atoms with E-state index in [1.54, 1.807) is 54.4 Å². The van der Waals surface area contributed by atoms with E-state index in [-0.39, 0.29) is 12.5 Å². The van der Waals surface area contributed by atoms with Crippen molar-refractivity contribution in [3.8, 4) is 11.8 Å². The summed E-state index contributed by atoms with van der Waals surface area (Å²) in [5.41, 5.74) is 4.97. The lowest BCUT2D eigenvalue weighted by Gasteiger charge is -2.04. The second-order valence-corrected chi connectivity index (χ2v) is 7.64. The summed E-state index contributed by atoms with van der Waals surface area (Å²) in [5, 5.41) is 13.2. The Bertz CT molecular complexity index is 1040. The zero-order valence-electron chi connectivity index (χ0n) is 15.9. The van der Waals surface area contributed by atoms with Crippen molar-refractivity contribution in [2.75, 3.05) is 6.61 Å². The topological polar surface area (TPSA) is 74.5 Å². The first-order valence-electron chi connectivity index (χ1n) is 9.04. The number of halogens is 1. The van der Waals surface area contributed by atoms with E-state index in [0.29, 0.717) is 11.3 Å². The van der Waals surface area contributed by atoms with Crippen LogP contribution < -0.4 is 10.2 Å². The summed E-state index contributed by atoms with van der Waals surface area (Å²) in [6.45, 7) is 0.00208. The van der Waals surface area contributed by atoms with Gasteiger partial charge in [0.15, 0.2) is 6.61 Å². The van der Waals surface area contributed by atoms with E-state index in [4.69, 9.17) is 21.6 Å². The van der Waals surface area contributed by atoms with Crippen molar-refractivity contribution in [1.82, 2.24) is 5.43 Å². The predicted octanol–water partition coefficient (Wildman–Crippen LogP) is 5.30. The number of nitrogens with one attached hydrogen (secondary N) is 1. The third-order valence-electron chi connectivity index (χ3n) is 4.00. The van der Waals surface area contributed by atoms with Gasteiger partial charge in [-0.15, -0.1) is 11.8 Å². The Balaban J connectivity index is 1.48. The van der Waals surface area contributed by atoms with Gasteiger partial charge in [0.2, 0.25) is 0 Å². The molecule has 5 nitrogen and oxygen atoms in total. The van der Waals surface area contributed by atoms with Crippen molar-refractivity contribution in [1.29, 1.82) is 5.26 Å². The number of amides is 1. The summed E-state index contributed by atoms with van der Waals surface area (Å²) in [5.74, 6) is 1.12. The van der Waals surface area contributed by atoms with Crippen LogP contribution in [0.25, 0.3) is 0 Å². The molecule has 0 fully saturated rings. The van der Waals surface area contributed by atoms with Crippen molar-refractivity contribution in [2.24, 2.45) is 5.10 Å². The van der Waals surface area contributed by atoms with Gasteiger partial charge in [0.05, 0.1) is 6.21 Å². The minimum atomic E-state index is -0.280. The molecule has 150 valence electrons. The van der Waals surface area contributed by atoms with Crippen LogP contribution in [-0.2, 0) is 5.75 Å². The first kappa shape index (κ1) is 21.4. The number of benzene rings is 3. The molecule has 30 heavy (non-hydrogen) atoms. The van der Waals surface area contributed by atoms with Gasteiger partial charge in [0.25, 0.3) is 5.91 Å². The van der Waals surface area contributed by atoms with Gasteiger partial charge in [-0.1, -0.05) is 23.7 Å². The number of rotatable bonds is 8. The van der Waals surface area contributed by atoms with Gasteiger partial charge in [0, 0.05) is 21.2 Å². The maximum absolute atomic E-state index is 12.2. The van der Waals surface area contributed by atoms with Gasteiger partial charge in [-0.25, -0.2) is 5.43 Å². The predicted molar refractivity (Wildman–Crippen MR) is 120 cm³/mol. The van der Waals surface area contributed by atoms with Gasteiger partial charge in [-0.05, 0) is 71.8 Å². The highest BCUT2D eigenvalue weighted by atomic mass is 35.5. The summed E-state index contributed by atoms with van der Waals surface area (Å²) in [4.78, 5) is 13.4. The van der Waals surface area contributed by atoms with Crippen LogP contribution >= 0.6 is 23.4 Å². The number of ether oxygens (including phenoxy) is 1. The van der Waals surface area contributed by atoms with E-state index in [2.05, 4.69) is 10.5 Å². The molecular weight excluding hydrogens is 418 g/mol. The van der Waals surface area contributed by atoms with Gasteiger partial charge in [-0.3, -0.25) is 4.79 Å². The summed E-state index contributed by atoms with van der Waals surface area (Å²) in [6.07, 6.45) is 1.54. The quantitative estimate of drug-likeness (QED) is 0.296. The molecule has 3 aromatic carbocycles. The van der Waals surface area contributed by atoms with E-state index in [1.165, 1.54) is 0 Å². The lowest BCUT2D eigenvalue weighted by Crippen LogP contribution is -2.17. The van der Waals surface area contributed by atoms with Gasteiger partial charge in [0.1, 0.15) is 11.8 Å². The average molecular weight is 436 g/mol. The molecule has 0 aliphatic rings. The number of carbonyl (C=O) groups is 1. The maximum atomic E-state index is 12.2. The third-order valence-corrected chi connectivity index (χ3v) is 5.33. The number of carbonyl (C=O) groups excluding carboxylic acids is 1. The Morgan fingerprint density at radius 3 is 2.43 bits per heavy atom. The highest BCUT2D eigenvalue weighted by Gasteiger charge is 2.04. The van der Waals surface area contributed by atoms with Crippen LogP contribution in [0.2, 0.25) is 5.02 Å². The van der Waals surface area contributed by atoms with Crippen LogP contribution in [-0.4, -0.2) is 18.7 Å². The molecule has 0 aliphatic carbocycles. The van der Waals surface area contributed by atoms with E-state index in [1.807, 2.05) is 42.5 Å². The molecule has 1 N–H and O–H groups in total. The fourth-order valence-corrected chi connectivity index (χ4v) is 3.43. The molecule has 7 heteroatoms. The smallest absolute Gasteiger partial charge is 0.271 e. The van der Waals surface area contributed by atoms with Crippen LogP contribution in [0.5, 0.6) is 5.75 Å². The number of hydrogen-bond acceptors (Lipinski definition) is 5. The fraction of sp³-hybridized carbons (Fsp3) is 0.0870. The number of nitriles is 1. The number of hydrogen-bond donors (Lipinski definition) is 1. The number of thioether (sulfide) groups is 1. The van der Waals surface area contributed by atoms with Gasteiger partial charge < -0.3 is 4.74 Å². The fourth-order valence-electron chi connectivity index (χ4n) is 2.45. The largest absolute Gasteiger partial charge is 0.479 e. The van der Waals surface area contributed by atoms with E-state index in [0.717, 1.165) is 26.8 Å². The zero-order chi connectivity index (χ0) is 21.2. The maximum Gasteiger partial charge on any atom is 0.271 e. The van der Waals surface area contributed by atoms with Crippen molar-refractivity contribution in [3.05, 3.63) is 94.5 Å². The SMILES string of the molecule is N#CCOc1ccc(/C=N/NC(=O)c2ccc(CSc3ccc(Cl)cc3)cc2)cc1. The van der Waals surface area contributed by atoms with Gasteiger partial charge in [-0.2, -0.15) is 10.4 Å². The second kappa shape index (κ2) is 11.1. The molecule has 1 amide bonds. The van der Waals surface area contributed by atoms with Crippen molar-refractivity contribution >= 4 is 35.5 Å². The summed E-state index contributed by atoms with van der Waals surface area (Å²) in [6, 6.07) is 24.1. The van der Waals surface area contributed by atoms with Crippen molar-refractivity contribution < 1.29 is 9.53 Å². The van der Waals surface area contributed by atoms with Crippen LogP contribution in [0.4, 0.5) is 0 Å². The molecular formula is C23H18ClN3O2S. The minimum Gasteiger partial charge on any atom is -0.479 e. The number of hydrazone groups is 1.